The van der Waals surface area contributed by atoms with Gasteiger partial charge in [0, 0.05) is 37.2 Å². The van der Waals surface area contributed by atoms with Crippen LogP contribution in [0.25, 0.3) is 11.1 Å². The van der Waals surface area contributed by atoms with Gasteiger partial charge in [-0.2, -0.15) is 0 Å². The van der Waals surface area contributed by atoms with E-state index in [1.165, 1.54) is 18.9 Å². The Hall–Kier alpha value is -2.11. The van der Waals surface area contributed by atoms with Gasteiger partial charge in [-0.3, -0.25) is 5.32 Å². The first-order valence-electron chi connectivity index (χ1n) is 10.2. The molecular formula is C23H27ClFN2O2+. The van der Waals surface area contributed by atoms with E-state index in [9.17, 15) is 9.18 Å². The molecule has 4 rings (SSSR count). The Bertz CT molecular complexity index is 887. The van der Waals surface area contributed by atoms with Crippen LogP contribution in [0.5, 0.6) is 0 Å². The summed E-state index contributed by atoms with van der Waals surface area (Å²) in [5, 5.41) is 2.56. The summed E-state index contributed by atoms with van der Waals surface area (Å²) in [5.41, 5.74) is 1.74. The summed E-state index contributed by atoms with van der Waals surface area (Å²) in [6, 6.07) is 13.6. The highest BCUT2D eigenvalue weighted by atomic mass is 35.5. The fraction of sp³-hybridized carbons (Fsp3) is 0.435. The molecule has 1 amide bonds. The molecule has 2 heterocycles. The number of rotatable bonds is 4. The highest BCUT2D eigenvalue weighted by Gasteiger charge is 2.48. The molecule has 0 aliphatic carbocycles. The highest BCUT2D eigenvalue weighted by molar-refractivity contribution is 6.34. The minimum atomic E-state index is -0.596. The highest BCUT2D eigenvalue weighted by Crippen LogP contribution is 2.42. The number of fused-ring (bicyclic) bond motifs is 2. The van der Waals surface area contributed by atoms with Crippen LogP contribution < -0.4 is 5.32 Å². The number of carbonyl (C=O) groups is 1. The maximum atomic E-state index is 14.0. The Labute approximate surface area is 176 Å². The number of amides is 1. The molecule has 2 aromatic rings. The van der Waals surface area contributed by atoms with Gasteiger partial charge in [0.05, 0.1) is 38.5 Å². The largest absolute Gasteiger partial charge is 0.449 e. The van der Waals surface area contributed by atoms with E-state index in [2.05, 4.69) is 19.4 Å². The van der Waals surface area contributed by atoms with Crippen LogP contribution in [0.15, 0.2) is 42.5 Å². The molecule has 2 unspecified atom stereocenters. The summed E-state index contributed by atoms with van der Waals surface area (Å²) in [6.45, 7) is 0.381. The van der Waals surface area contributed by atoms with Gasteiger partial charge in [0.1, 0.15) is 10.8 Å². The Morgan fingerprint density at radius 2 is 1.79 bits per heavy atom. The van der Waals surface area contributed by atoms with Crippen LogP contribution in [0.4, 0.5) is 14.9 Å². The standard InChI is InChI=1S/C23H26ClFN2O2/c1-27(2)17-8-9-18(27)13-15(12-17)14-29-23(28)26-22-19(10-11-20(25)21(22)24)16-6-4-3-5-7-16/h3-7,10-11,15,17-18H,8-9,12-14H2,1-2H3/p+1. The molecule has 2 atom stereocenters. The van der Waals surface area contributed by atoms with E-state index >= 15 is 0 Å². The summed E-state index contributed by atoms with van der Waals surface area (Å²) >= 11 is 6.17. The number of nitrogens with one attached hydrogen (secondary N) is 1. The van der Waals surface area contributed by atoms with Gasteiger partial charge in [-0.15, -0.1) is 0 Å². The number of hydrogen-bond acceptors (Lipinski definition) is 2. The lowest BCUT2D eigenvalue weighted by Gasteiger charge is -2.44. The van der Waals surface area contributed by atoms with Gasteiger partial charge >= 0.3 is 6.09 Å². The molecule has 0 saturated carbocycles. The number of benzene rings is 2. The lowest BCUT2D eigenvalue weighted by atomic mass is 9.90. The Kier molecular flexibility index (Phi) is 5.54. The first-order valence-corrected chi connectivity index (χ1v) is 10.5. The zero-order valence-corrected chi connectivity index (χ0v) is 17.6. The normalized spacial score (nSPS) is 24.9. The van der Waals surface area contributed by atoms with E-state index in [-0.39, 0.29) is 10.7 Å². The van der Waals surface area contributed by atoms with Crippen LogP contribution in [0.3, 0.4) is 0 Å². The van der Waals surface area contributed by atoms with Gasteiger partial charge in [-0.25, -0.2) is 9.18 Å². The number of nitrogens with zero attached hydrogens (tertiary/aromatic N) is 1. The maximum absolute atomic E-state index is 14.0. The Morgan fingerprint density at radius 1 is 1.14 bits per heavy atom. The van der Waals surface area contributed by atoms with E-state index in [1.807, 2.05) is 30.3 Å². The molecule has 4 nitrogen and oxygen atoms in total. The van der Waals surface area contributed by atoms with Gasteiger partial charge in [-0.05, 0) is 17.7 Å². The van der Waals surface area contributed by atoms with Crippen molar-refractivity contribution in [2.24, 2.45) is 5.92 Å². The van der Waals surface area contributed by atoms with Crippen LogP contribution in [0, 0.1) is 11.7 Å². The smallest absolute Gasteiger partial charge is 0.411 e. The quantitative estimate of drug-likeness (QED) is 0.647. The first kappa shape index (κ1) is 20.2. The number of carbonyl (C=O) groups excluding carboxylic acids is 1. The molecule has 0 aromatic heterocycles. The summed E-state index contributed by atoms with van der Waals surface area (Å²) in [4.78, 5) is 12.5. The van der Waals surface area contributed by atoms with E-state index < -0.39 is 11.9 Å². The minimum absolute atomic E-state index is 0.113. The third kappa shape index (κ3) is 3.99. The zero-order valence-electron chi connectivity index (χ0n) is 16.8. The summed E-state index contributed by atoms with van der Waals surface area (Å²) in [7, 11) is 4.62. The van der Waals surface area contributed by atoms with Crippen molar-refractivity contribution in [3.05, 3.63) is 53.3 Å². The van der Waals surface area contributed by atoms with Crippen LogP contribution in [0.2, 0.25) is 5.02 Å². The summed E-state index contributed by atoms with van der Waals surface area (Å²) in [5.74, 6) is -0.202. The van der Waals surface area contributed by atoms with Crippen molar-refractivity contribution in [1.29, 1.82) is 0 Å². The van der Waals surface area contributed by atoms with Crippen molar-refractivity contribution >= 4 is 23.4 Å². The number of halogens is 2. The van der Waals surface area contributed by atoms with Gasteiger partial charge in [-0.1, -0.05) is 41.9 Å². The van der Waals surface area contributed by atoms with E-state index in [0.29, 0.717) is 30.2 Å². The van der Waals surface area contributed by atoms with Gasteiger partial charge in [0.2, 0.25) is 0 Å². The molecule has 6 heteroatoms. The molecule has 0 spiro atoms. The van der Waals surface area contributed by atoms with Gasteiger partial charge in [0.15, 0.2) is 0 Å². The van der Waals surface area contributed by atoms with Crippen molar-refractivity contribution < 1.29 is 18.4 Å². The number of ether oxygens (including phenoxy) is 1. The van der Waals surface area contributed by atoms with Crippen molar-refractivity contribution in [3.63, 3.8) is 0 Å². The third-order valence-electron chi connectivity index (χ3n) is 6.78. The van der Waals surface area contributed by atoms with Crippen molar-refractivity contribution in [2.75, 3.05) is 26.0 Å². The van der Waals surface area contributed by atoms with Crippen LogP contribution in [-0.2, 0) is 4.74 Å². The molecule has 2 aliphatic heterocycles. The third-order valence-corrected chi connectivity index (χ3v) is 7.15. The molecular weight excluding hydrogens is 391 g/mol. The van der Waals surface area contributed by atoms with Crippen molar-refractivity contribution in [3.8, 4) is 11.1 Å². The maximum Gasteiger partial charge on any atom is 0.411 e. The van der Waals surface area contributed by atoms with Crippen LogP contribution in [-0.4, -0.2) is 43.4 Å². The minimum Gasteiger partial charge on any atom is -0.449 e. The number of quaternary nitrogens is 1. The summed E-state index contributed by atoms with van der Waals surface area (Å²) < 4.78 is 20.7. The molecule has 0 radical (unpaired) electrons. The monoisotopic (exact) mass is 417 g/mol. The number of piperidine rings is 1. The predicted molar refractivity (Wildman–Crippen MR) is 113 cm³/mol. The van der Waals surface area contributed by atoms with Crippen LogP contribution >= 0.6 is 11.6 Å². The second kappa shape index (κ2) is 7.96. The predicted octanol–water partition coefficient (Wildman–Crippen LogP) is 5.71. The molecule has 29 heavy (non-hydrogen) atoms. The topological polar surface area (TPSA) is 38.3 Å². The lowest BCUT2D eigenvalue weighted by molar-refractivity contribution is -0.931. The lowest BCUT2D eigenvalue weighted by Crippen LogP contribution is -2.55. The molecule has 2 aliphatic rings. The molecule has 2 bridgehead atoms. The van der Waals surface area contributed by atoms with Gasteiger partial charge < -0.3 is 9.22 Å². The van der Waals surface area contributed by atoms with E-state index in [0.717, 1.165) is 22.9 Å². The SMILES string of the molecule is C[N+]1(C)C2CCC1CC(COC(=O)Nc1c(-c3ccccc3)ccc(F)c1Cl)C2. The Balaban J connectivity index is 1.43. The number of hydrogen-bond donors (Lipinski definition) is 1. The zero-order chi connectivity index (χ0) is 20.6. The fourth-order valence-electron chi connectivity index (χ4n) is 4.99. The Morgan fingerprint density at radius 3 is 2.45 bits per heavy atom. The molecule has 154 valence electrons. The van der Waals surface area contributed by atoms with Crippen molar-refractivity contribution in [2.45, 2.75) is 37.8 Å². The fourth-order valence-corrected chi connectivity index (χ4v) is 5.20. The van der Waals surface area contributed by atoms with E-state index in [1.54, 1.807) is 6.07 Å². The second-order valence-corrected chi connectivity index (χ2v) is 9.10. The van der Waals surface area contributed by atoms with Gasteiger partial charge in [0.25, 0.3) is 0 Å². The number of anilines is 1. The average molecular weight is 418 g/mol. The van der Waals surface area contributed by atoms with Crippen LogP contribution in [0.1, 0.15) is 25.7 Å². The molecule has 2 fully saturated rings. The molecule has 2 saturated heterocycles. The molecule has 2 aromatic carbocycles. The first-order chi connectivity index (χ1) is 13.9. The second-order valence-electron chi connectivity index (χ2n) is 8.72. The summed E-state index contributed by atoms with van der Waals surface area (Å²) in [6.07, 6.45) is 4.06. The average Bonchev–Trinajstić information content (AvgIpc) is 2.87. The van der Waals surface area contributed by atoms with Crippen molar-refractivity contribution in [1.82, 2.24) is 0 Å². The van der Waals surface area contributed by atoms with E-state index in [4.69, 9.17) is 16.3 Å². The molecule has 1 N–H and O–H groups in total.